The van der Waals surface area contributed by atoms with Crippen LogP contribution in [0.4, 0.5) is 0 Å². The van der Waals surface area contributed by atoms with Crippen LogP contribution in [0.3, 0.4) is 0 Å². The molecule has 0 aliphatic rings. The number of nitrogens with two attached hydrogens (primary N) is 1. The van der Waals surface area contributed by atoms with Gasteiger partial charge in [-0.3, -0.25) is 16.0 Å². The minimum atomic E-state index is 0.203. The van der Waals surface area contributed by atoms with Crippen molar-refractivity contribution in [2.75, 3.05) is 0 Å². The number of aryl methyl sites for hydroxylation is 1. The molecule has 16 heavy (non-hydrogen) atoms. The molecule has 0 aromatic carbocycles. The number of hydrogen-bond donors (Lipinski definition) is 2. The normalized spacial score (nSPS) is 15.0. The highest BCUT2D eigenvalue weighted by Crippen LogP contribution is 2.24. The molecule has 2 atom stereocenters. The lowest BCUT2D eigenvalue weighted by Crippen LogP contribution is -2.34. The smallest absolute Gasteiger partial charge is 0.0654 e. The molecule has 1 rings (SSSR count). The van der Waals surface area contributed by atoms with E-state index < -0.39 is 0 Å². The molecule has 0 radical (unpaired) electrons. The van der Waals surface area contributed by atoms with Crippen molar-refractivity contribution in [3.63, 3.8) is 0 Å². The van der Waals surface area contributed by atoms with Crippen molar-refractivity contribution in [2.24, 2.45) is 11.8 Å². The first-order valence-corrected chi connectivity index (χ1v) is 6.22. The lowest BCUT2D eigenvalue weighted by Gasteiger charge is -2.23. The van der Waals surface area contributed by atoms with E-state index in [0.29, 0.717) is 5.92 Å². The molecule has 4 heteroatoms. The number of nitrogens with zero attached hydrogens (tertiary/aromatic N) is 2. The zero-order chi connectivity index (χ0) is 12.0. The molecule has 0 saturated heterocycles. The van der Waals surface area contributed by atoms with Crippen molar-refractivity contribution < 1.29 is 0 Å². The SMILES string of the molecule is CCCC(C)C(NN)c1ccnn1CCC. The lowest BCUT2D eigenvalue weighted by molar-refractivity contribution is 0.345. The Balaban J connectivity index is 2.81. The van der Waals surface area contributed by atoms with Crippen LogP contribution in [0.1, 0.15) is 51.8 Å². The topological polar surface area (TPSA) is 55.9 Å². The predicted molar refractivity (Wildman–Crippen MR) is 66.7 cm³/mol. The van der Waals surface area contributed by atoms with Crippen LogP contribution in [0.5, 0.6) is 0 Å². The summed E-state index contributed by atoms with van der Waals surface area (Å²) in [6, 6.07) is 2.26. The van der Waals surface area contributed by atoms with Gasteiger partial charge < -0.3 is 0 Å². The van der Waals surface area contributed by atoms with Gasteiger partial charge in [0.05, 0.1) is 11.7 Å². The van der Waals surface area contributed by atoms with Crippen LogP contribution in [0.2, 0.25) is 0 Å². The van der Waals surface area contributed by atoms with Crippen LogP contribution in [-0.2, 0) is 6.54 Å². The first-order chi connectivity index (χ1) is 7.74. The van der Waals surface area contributed by atoms with Crippen molar-refractivity contribution in [3.05, 3.63) is 18.0 Å². The molecule has 0 spiro atoms. The van der Waals surface area contributed by atoms with Crippen molar-refractivity contribution in [1.82, 2.24) is 15.2 Å². The van der Waals surface area contributed by atoms with Crippen LogP contribution in [0.15, 0.2) is 12.3 Å². The van der Waals surface area contributed by atoms with Crippen molar-refractivity contribution >= 4 is 0 Å². The Labute approximate surface area is 98.2 Å². The summed E-state index contributed by atoms with van der Waals surface area (Å²) in [5.74, 6) is 6.20. The highest BCUT2D eigenvalue weighted by Gasteiger charge is 2.20. The Bertz CT molecular complexity index is 295. The number of aromatic nitrogens is 2. The van der Waals surface area contributed by atoms with E-state index in [4.69, 9.17) is 5.84 Å². The average Bonchev–Trinajstić information content (AvgIpc) is 2.69. The molecule has 0 bridgehead atoms. The molecule has 1 aromatic heterocycles. The van der Waals surface area contributed by atoms with Crippen LogP contribution >= 0.6 is 0 Å². The molecule has 3 N–H and O–H groups in total. The second-order valence-electron chi connectivity index (χ2n) is 4.39. The van der Waals surface area contributed by atoms with Gasteiger partial charge in [0.25, 0.3) is 0 Å². The standard InChI is InChI=1S/C12H24N4/c1-4-6-10(3)12(15-13)11-7-8-14-16(11)9-5-2/h7-8,10,12,15H,4-6,9,13H2,1-3H3. The van der Waals surface area contributed by atoms with E-state index in [0.717, 1.165) is 13.0 Å². The van der Waals surface area contributed by atoms with Gasteiger partial charge in [0.2, 0.25) is 0 Å². The van der Waals surface area contributed by atoms with E-state index in [-0.39, 0.29) is 6.04 Å². The maximum atomic E-state index is 5.67. The van der Waals surface area contributed by atoms with Gasteiger partial charge in [0.1, 0.15) is 0 Å². The van der Waals surface area contributed by atoms with E-state index in [1.807, 2.05) is 6.20 Å². The Morgan fingerprint density at radius 2 is 2.19 bits per heavy atom. The van der Waals surface area contributed by atoms with Gasteiger partial charge in [-0.2, -0.15) is 5.10 Å². The molecule has 0 aliphatic heterocycles. The summed E-state index contributed by atoms with van der Waals surface area (Å²) < 4.78 is 2.05. The largest absolute Gasteiger partial charge is 0.271 e. The number of hydrogen-bond acceptors (Lipinski definition) is 3. The number of nitrogens with one attached hydrogen (secondary N) is 1. The monoisotopic (exact) mass is 224 g/mol. The lowest BCUT2D eigenvalue weighted by atomic mass is 9.95. The van der Waals surface area contributed by atoms with E-state index in [1.54, 1.807) is 0 Å². The molecule has 92 valence electrons. The summed E-state index contributed by atoms with van der Waals surface area (Å²) in [6.45, 7) is 7.55. The highest BCUT2D eigenvalue weighted by molar-refractivity contribution is 5.08. The summed E-state index contributed by atoms with van der Waals surface area (Å²) in [5.41, 5.74) is 4.13. The van der Waals surface area contributed by atoms with Gasteiger partial charge in [-0.05, 0) is 24.8 Å². The van der Waals surface area contributed by atoms with Gasteiger partial charge in [0, 0.05) is 12.7 Å². The fraction of sp³-hybridized carbons (Fsp3) is 0.750. The number of rotatable bonds is 7. The van der Waals surface area contributed by atoms with Gasteiger partial charge in [-0.15, -0.1) is 0 Å². The van der Waals surface area contributed by atoms with Gasteiger partial charge in [0.15, 0.2) is 0 Å². The predicted octanol–water partition coefficient (Wildman–Crippen LogP) is 2.23. The first-order valence-electron chi connectivity index (χ1n) is 6.22. The van der Waals surface area contributed by atoms with E-state index in [1.165, 1.54) is 18.5 Å². The summed E-state index contributed by atoms with van der Waals surface area (Å²) in [7, 11) is 0. The third-order valence-electron chi connectivity index (χ3n) is 3.00. The van der Waals surface area contributed by atoms with Crippen molar-refractivity contribution in [2.45, 2.75) is 52.6 Å². The summed E-state index contributed by atoms with van der Waals surface area (Å²) >= 11 is 0. The highest BCUT2D eigenvalue weighted by atomic mass is 15.3. The second-order valence-corrected chi connectivity index (χ2v) is 4.39. The van der Waals surface area contributed by atoms with Crippen LogP contribution in [0, 0.1) is 5.92 Å². The maximum Gasteiger partial charge on any atom is 0.0654 e. The summed E-state index contributed by atoms with van der Waals surface area (Å²) in [5, 5.41) is 4.34. The van der Waals surface area contributed by atoms with Crippen LogP contribution < -0.4 is 11.3 Å². The zero-order valence-corrected chi connectivity index (χ0v) is 10.6. The van der Waals surface area contributed by atoms with Crippen LogP contribution in [0.25, 0.3) is 0 Å². The Morgan fingerprint density at radius 3 is 2.75 bits per heavy atom. The van der Waals surface area contributed by atoms with E-state index in [2.05, 4.69) is 42.0 Å². The third kappa shape index (κ3) is 3.06. The average molecular weight is 224 g/mol. The minimum Gasteiger partial charge on any atom is -0.271 e. The molecule has 1 heterocycles. The van der Waals surface area contributed by atoms with Crippen LogP contribution in [-0.4, -0.2) is 9.78 Å². The molecule has 1 aromatic rings. The maximum absolute atomic E-state index is 5.67. The van der Waals surface area contributed by atoms with E-state index in [9.17, 15) is 0 Å². The number of hydrazine groups is 1. The molecule has 2 unspecified atom stereocenters. The minimum absolute atomic E-state index is 0.203. The zero-order valence-electron chi connectivity index (χ0n) is 10.6. The van der Waals surface area contributed by atoms with Gasteiger partial charge >= 0.3 is 0 Å². The molecule has 4 nitrogen and oxygen atoms in total. The Kier molecular flexibility index (Phi) is 5.49. The van der Waals surface area contributed by atoms with Gasteiger partial charge in [-0.25, -0.2) is 0 Å². The fourth-order valence-electron chi connectivity index (χ4n) is 2.17. The molecule has 0 saturated carbocycles. The molecule has 0 aliphatic carbocycles. The molecule has 0 amide bonds. The third-order valence-corrected chi connectivity index (χ3v) is 3.00. The Hall–Kier alpha value is -0.870. The van der Waals surface area contributed by atoms with Crippen molar-refractivity contribution in [3.8, 4) is 0 Å². The first kappa shape index (κ1) is 13.2. The molecular formula is C12H24N4. The van der Waals surface area contributed by atoms with Gasteiger partial charge in [-0.1, -0.05) is 27.2 Å². The quantitative estimate of drug-likeness (QED) is 0.551. The second kappa shape index (κ2) is 6.66. The summed E-state index contributed by atoms with van der Waals surface area (Å²) in [4.78, 5) is 0. The molecular weight excluding hydrogens is 200 g/mol. The fourth-order valence-corrected chi connectivity index (χ4v) is 2.17. The van der Waals surface area contributed by atoms with E-state index >= 15 is 0 Å². The molecule has 0 fully saturated rings. The summed E-state index contributed by atoms with van der Waals surface area (Å²) in [6.07, 6.45) is 5.30. The Morgan fingerprint density at radius 1 is 1.44 bits per heavy atom. The van der Waals surface area contributed by atoms with Crippen molar-refractivity contribution in [1.29, 1.82) is 0 Å².